The van der Waals surface area contributed by atoms with Crippen LogP contribution >= 0.6 is 0 Å². The third kappa shape index (κ3) is 1.11. The lowest BCUT2D eigenvalue weighted by Gasteiger charge is -2.03. The molecule has 1 aromatic carbocycles. The van der Waals surface area contributed by atoms with Crippen molar-refractivity contribution < 1.29 is 0 Å². The highest BCUT2D eigenvalue weighted by molar-refractivity contribution is 5.69. The average molecular weight is 184 g/mol. The zero-order valence-electron chi connectivity index (χ0n) is 7.88. The molecule has 2 aromatic rings. The van der Waals surface area contributed by atoms with Crippen molar-refractivity contribution in [2.24, 2.45) is 0 Å². The van der Waals surface area contributed by atoms with Crippen LogP contribution in [-0.2, 0) is 6.42 Å². The molecular weight excluding hydrogens is 172 g/mol. The van der Waals surface area contributed by atoms with Crippen LogP contribution in [0.4, 0.5) is 5.69 Å². The Morgan fingerprint density at radius 3 is 3.00 bits per heavy atom. The van der Waals surface area contributed by atoms with Crippen molar-refractivity contribution in [3.63, 3.8) is 0 Å². The average Bonchev–Trinajstić information content (AvgIpc) is 2.88. The topological polar surface area (TPSA) is 27.8 Å². The van der Waals surface area contributed by atoms with E-state index in [0.717, 1.165) is 13.0 Å². The number of fused-ring (bicyclic) bond motifs is 1. The molecule has 0 radical (unpaired) electrons. The van der Waals surface area contributed by atoms with Gasteiger partial charge in [-0.3, -0.25) is 0 Å². The summed E-state index contributed by atoms with van der Waals surface area (Å²) in [6.07, 6.45) is 3.11. The molecule has 1 aromatic heterocycles. The van der Waals surface area contributed by atoms with E-state index >= 15 is 0 Å². The van der Waals surface area contributed by atoms with Gasteiger partial charge in [0.25, 0.3) is 0 Å². The van der Waals surface area contributed by atoms with Gasteiger partial charge in [0.05, 0.1) is 0 Å². The van der Waals surface area contributed by atoms with Gasteiger partial charge in [0.15, 0.2) is 0 Å². The van der Waals surface area contributed by atoms with Crippen LogP contribution < -0.4 is 5.32 Å². The summed E-state index contributed by atoms with van der Waals surface area (Å²) in [5, 5.41) is 3.39. The van der Waals surface area contributed by atoms with Gasteiger partial charge >= 0.3 is 0 Å². The number of anilines is 1. The zero-order valence-corrected chi connectivity index (χ0v) is 7.88. The van der Waals surface area contributed by atoms with Crippen LogP contribution in [0.1, 0.15) is 5.56 Å². The zero-order chi connectivity index (χ0) is 9.38. The van der Waals surface area contributed by atoms with Crippen molar-refractivity contribution in [1.82, 2.24) is 4.98 Å². The van der Waals surface area contributed by atoms with Gasteiger partial charge in [0.2, 0.25) is 0 Å². The third-order valence-corrected chi connectivity index (χ3v) is 2.73. The van der Waals surface area contributed by atoms with Crippen LogP contribution in [0.2, 0.25) is 0 Å². The van der Waals surface area contributed by atoms with Gasteiger partial charge in [-0.05, 0) is 35.7 Å². The van der Waals surface area contributed by atoms with E-state index < -0.39 is 0 Å². The Labute approximate surface area is 83.0 Å². The molecule has 2 nitrogen and oxygen atoms in total. The highest BCUT2D eigenvalue weighted by atomic mass is 14.9. The molecule has 0 saturated carbocycles. The third-order valence-electron chi connectivity index (χ3n) is 2.73. The van der Waals surface area contributed by atoms with Gasteiger partial charge in [0.1, 0.15) is 0 Å². The van der Waals surface area contributed by atoms with Crippen LogP contribution in [-0.4, -0.2) is 11.5 Å². The van der Waals surface area contributed by atoms with Crippen molar-refractivity contribution in [1.29, 1.82) is 0 Å². The smallest absolute Gasteiger partial charge is 0.0454 e. The molecule has 0 aliphatic carbocycles. The Kier molecular flexibility index (Phi) is 1.60. The molecule has 0 bridgehead atoms. The maximum Gasteiger partial charge on any atom is 0.0454 e. The summed E-state index contributed by atoms with van der Waals surface area (Å²) in [6.45, 7) is 1.07. The molecular formula is C12H12N2. The first-order chi connectivity index (χ1) is 6.93. The minimum atomic E-state index is 1.07. The number of aromatic amines is 1. The first-order valence-corrected chi connectivity index (χ1v) is 4.94. The van der Waals surface area contributed by atoms with Crippen molar-refractivity contribution in [3.05, 3.63) is 42.1 Å². The lowest BCUT2D eigenvalue weighted by atomic mass is 10.1. The summed E-state index contributed by atoms with van der Waals surface area (Å²) < 4.78 is 0. The van der Waals surface area contributed by atoms with Crippen molar-refractivity contribution in [3.8, 4) is 11.3 Å². The van der Waals surface area contributed by atoms with Crippen LogP contribution in [0.25, 0.3) is 11.3 Å². The summed E-state index contributed by atoms with van der Waals surface area (Å²) in [6, 6.07) is 10.7. The number of H-pyrrole nitrogens is 1. The maximum atomic E-state index is 3.39. The molecule has 2 heteroatoms. The molecule has 1 aliphatic heterocycles. The molecule has 1 aliphatic rings. The van der Waals surface area contributed by atoms with Crippen molar-refractivity contribution in [2.45, 2.75) is 6.42 Å². The molecule has 70 valence electrons. The quantitative estimate of drug-likeness (QED) is 0.700. The summed E-state index contributed by atoms with van der Waals surface area (Å²) in [4.78, 5) is 3.22. The molecule has 2 heterocycles. The fraction of sp³-hybridized carbons (Fsp3) is 0.167. The van der Waals surface area contributed by atoms with Crippen molar-refractivity contribution in [2.75, 3.05) is 11.9 Å². The lowest BCUT2D eigenvalue weighted by molar-refractivity contribution is 1.11. The van der Waals surface area contributed by atoms with E-state index in [2.05, 4.69) is 34.6 Å². The second-order valence-electron chi connectivity index (χ2n) is 3.63. The van der Waals surface area contributed by atoms with E-state index in [4.69, 9.17) is 0 Å². The fourth-order valence-electron chi connectivity index (χ4n) is 1.97. The van der Waals surface area contributed by atoms with Crippen LogP contribution in [0, 0.1) is 0 Å². The number of aromatic nitrogens is 1. The lowest BCUT2D eigenvalue weighted by Crippen LogP contribution is -1.90. The number of hydrogen-bond acceptors (Lipinski definition) is 1. The summed E-state index contributed by atoms with van der Waals surface area (Å²) in [5.74, 6) is 0. The number of nitrogens with one attached hydrogen (secondary N) is 2. The van der Waals surface area contributed by atoms with Gasteiger partial charge in [-0.2, -0.15) is 0 Å². The van der Waals surface area contributed by atoms with Gasteiger partial charge in [-0.1, -0.05) is 12.1 Å². The van der Waals surface area contributed by atoms with Gasteiger partial charge in [0, 0.05) is 24.1 Å². The largest absolute Gasteiger partial charge is 0.384 e. The summed E-state index contributed by atoms with van der Waals surface area (Å²) in [7, 11) is 0. The number of rotatable bonds is 1. The summed E-state index contributed by atoms with van der Waals surface area (Å²) in [5.41, 5.74) is 5.15. The van der Waals surface area contributed by atoms with E-state index in [1.54, 1.807) is 0 Å². The van der Waals surface area contributed by atoms with Gasteiger partial charge in [-0.25, -0.2) is 0 Å². The molecule has 0 atom stereocenters. The normalized spacial score (nSPS) is 13.7. The Bertz CT molecular complexity index is 443. The Morgan fingerprint density at radius 1 is 1.14 bits per heavy atom. The van der Waals surface area contributed by atoms with Crippen molar-refractivity contribution >= 4 is 5.69 Å². The van der Waals surface area contributed by atoms with Crippen LogP contribution in [0.15, 0.2) is 36.5 Å². The second kappa shape index (κ2) is 2.91. The van der Waals surface area contributed by atoms with Crippen LogP contribution in [0.3, 0.4) is 0 Å². The Balaban J connectivity index is 2.09. The van der Waals surface area contributed by atoms with Gasteiger partial charge in [-0.15, -0.1) is 0 Å². The molecule has 0 spiro atoms. The maximum absolute atomic E-state index is 3.39. The molecule has 14 heavy (non-hydrogen) atoms. The van der Waals surface area contributed by atoms with Crippen LogP contribution in [0.5, 0.6) is 0 Å². The highest BCUT2D eigenvalue weighted by Gasteiger charge is 2.10. The van der Waals surface area contributed by atoms with Gasteiger partial charge < -0.3 is 10.3 Å². The number of hydrogen-bond donors (Lipinski definition) is 2. The number of benzene rings is 1. The summed E-state index contributed by atoms with van der Waals surface area (Å²) >= 11 is 0. The standard InChI is InChI=1S/C12H12N2/c1-2-11(13-6-1)10-4-3-9-5-7-14-12(9)8-10/h1-4,6,8,13-14H,5,7H2. The SMILES string of the molecule is c1c[nH]c(-c2ccc3c(c2)NCC3)c1. The second-order valence-corrected chi connectivity index (χ2v) is 3.63. The Hall–Kier alpha value is -1.70. The molecule has 2 N–H and O–H groups in total. The molecule has 3 rings (SSSR count). The molecule has 0 fully saturated rings. The van der Waals surface area contributed by atoms with E-state index in [1.165, 1.54) is 22.5 Å². The first-order valence-electron chi connectivity index (χ1n) is 4.94. The van der Waals surface area contributed by atoms with E-state index in [-0.39, 0.29) is 0 Å². The Morgan fingerprint density at radius 2 is 2.14 bits per heavy atom. The minimum Gasteiger partial charge on any atom is -0.384 e. The highest BCUT2D eigenvalue weighted by Crippen LogP contribution is 2.27. The van der Waals surface area contributed by atoms with E-state index in [9.17, 15) is 0 Å². The molecule has 0 saturated heterocycles. The van der Waals surface area contributed by atoms with E-state index in [0.29, 0.717) is 0 Å². The predicted molar refractivity (Wildman–Crippen MR) is 58.4 cm³/mol. The molecule has 0 unspecified atom stereocenters. The van der Waals surface area contributed by atoms with E-state index in [1.807, 2.05) is 12.3 Å². The predicted octanol–water partition coefficient (Wildman–Crippen LogP) is 2.65. The first kappa shape index (κ1) is 7.68. The fourth-order valence-corrected chi connectivity index (χ4v) is 1.97. The minimum absolute atomic E-state index is 1.07. The monoisotopic (exact) mass is 184 g/mol. The molecule has 0 amide bonds.